The summed E-state index contributed by atoms with van der Waals surface area (Å²) in [6.07, 6.45) is 4.02. The van der Waals surface area contributed by atoms with Crippen LogP contribution in [-0.4, -0.2) is 11.6 Å². The molecule has 0 amide bonds. The van der Waals surface area contributed by atoms with E-state index >= 15 is 0 Å². The zero-order chi connectivity index (χ0) is 9.68. The fraction of sp³-hybridized carbons (Fsp3) is 0.667. The predicted molar refractivity (Wildman–Crippen MR) is 56.1 cm³/mol. The van der Waals surface area contributed by atoms with Crippen molar-refractivity contribution in [3.63, 3.8) is 0 Å². The zero-order valence-corrected chi connectivity index (χ0v) is 8.93. The van der Waals surface area contributed by atoms with Crippen LogP contribution in [0.15, 0.2) is 6.20 Å². The summed E-state index contributed by atoms with van der Waals surface area (Å²) < 4.78 is 5.47. The Bertz CT molecular complexity index is 250. The maximum atomic E-state index is 5.52. The summed E-state index contributed by atoms with van der Waals surface area (Å²) in [5.41, 5.74) is 5.52. The van der Waals surface area contributed by atoms with E-state index in [0.29, 0.717) is 16.1 Å². The van der Waals surface area contributed by atoms with E-state index in [1.165, 1.54) is 24.2 Å². The minimum Gasteiger partial charge on any atom is -0.470 e. The highest BCUT2D eigenvalue weighted by atomic mass is 32.1. The highest BCUT2D eigenvalue weighted by Gasteiger charge is 2.04. The van der Waals surface area contributed by atoms with Crippen LogP contribution < -0.4 is 10.5 Å². The fourth-order valence-corrected chi connectivity index (χ4v) is 1.67. The van der Waals surface area contributed by atoms with Crippen molar-refractivity contribution >= 4 is 16.3 Å². The summed E-state index contributed by atoms with van der Waals surface area (Å²) in [6.45, 7) is 5.10. The number of anilines is 1. The van der Waals surface area contributed by atoms with E-state index in [-0.39, 0.29) is 0 Å². The molecular weight excluding hydrogens is 184 g/mol. The first-order valence-corrected chi connectivity index (χ1v) is 5.38. The van der Waals surface area contributed by atoms with Crippen molar-refractivity contribution in [1.82, 2.24) is 4.98 Å². The molecule has 1 aromatic rings. The Morgan fingerprint density at radius 2 is 2.46 bits per heavy atom. The van der Waals surface area contributed by atoms with Gasteiger partial charge in [0.25, 0.3) is 5.19 Å². The molecule has 0 radical (unpaired) electrons. The van der Waals surface area contributed by atoms with Crippen LogP contribution in [0.5, 0.6) is 5.19 Å². The van der Waals surface area contributed by atoms with Crippen molar-refractivity contribution in [2.45, 2.75) is 26.7 Å². The van der Waals surface area contributed by atoms with E-state index in [9.17, 15) is 0 Å². The molecule has 1 atom stereocenters. The third-order valence-corrected chi connectivity index (χ3v) is 2.51. The van der Waals surface area contributed by atoms with Crippen LogP contribution in [0.4, 0.5) is 5.00 Å². The van der Waals surface area contributed by atoms with Crippen molar-refractivity contribution in [3.8, 4) is 5.19 Å². The maximum absolute atomic E-state index is 5.52. The second-order valence-electron chi connectivity index (χ2n) is 3.23. The van der Waals surface area contributed by atoms with Gasteiger partial charge in [0.1, 0.15) is 5.00 Å². The first kappa shape index (κ1) is 10.3. The summed E-state index contributed by atoms with van der Waals surface area (Å²) in [4.78, 5) is 4.02. The lowest BCUT2D eigenvalue weighted by atomic mass is 10.1. The Kier molecular flexibility index (Phi) is 4.02. The van der Waals surface area contributed by atoms with Gasteiger partial charge in [0.05, 0.1) is 12.8 Å². The Labute approximate surface area is 82.9 Å². The van der Waals surface area contributed by atoms with Gasteiger partial charge in [-0.1, -0.05) is 31.6 Å². The monoisotopic (exact) mass is 200 g/mol. The van der Waals surface area contributed by atoms with Crippen molar-refractivity contribution in [2.75, 3.05) is 12.3 Å². The molecule has 74 valence electrons. The van der Waals surface area contributed by atoms with E-state index in [2.05, 4.69) is 18.8 Å². The largest absolute Gasteiger partial charge is 0.470 e. The number of ether oxygens (including phenoxy) is 1. The second-order valence-corrected chi connectivity index (χ2v) is 4.26. The van der Waals surface area contributed by atoms with Gasteiger partial charge >= 0.3 is 0 Å². The normalized spacial score (nSPS) is 12.8. The molecule has 0 saturated heterocycles. The molecule has 0 fully saturated rings. The number of aromatic nitrogens is 1. The molecule has 0 aliphatic heterocycles. The smallest absolute Gasteiger partial charge is 0.275 e. The molecule has 0 saturated carbocycles. The van der Waals surface area contributed by atoms with Gasteiger partial charge in [-0.2, -0.15) is 0 Å². The van der Waals surface area contributed by atoms with Gasteiger partial charge in [0.15, 0.2) is 0 Å². The first-order chi connectivity index (χ1) is 6.22. The summed E-state index contributed by atoms with van der Waals surface area (Å²) in [5, 5.41) is 1.39. The predicted octanol–water partition coefficient (Wildman–Crippen LogP) is 2.54. The van der Waals surface area contributed by atoms with Gasteiger partial charge in [0.2, 0.25) is 0 Å². The van der Waals surface area contributed by atoms with Crippen LogP contribution >= 0.6 is 11.3 Å². The summed E-state index contributed by atoms with van der Waals surface area (Å²) in [7, 11) is 0. The molecule has 0 bridgehead atoms. The minimum atomic E-state index is 0.593. The summed E-state index contributed by atoms with van der Waals surface area (Å²) >= 11 is 1.39. The molecule has 4 heteroatoms. The first-order valence-electron chi connectivity index (χ1n) is 4.56. The van der Waals surface area contributed by atoms with Crippen molar-refractivity contribution in [1.29, 1.82) is 0 Å². The molecule has 2 N–H and O–H groups in total. The molecular formula is C9H16N2OS. The van der Waals surface area contributed by atoms with Gasteiger partial charge < -0.3 is 10.5 Å². The second kappa shape index (κ2) is 5.07. The molecule has 13 heavy (non-hydrogen) atoms. The Balaban J connectivity index is 2.26. The van der Waals surface area contributed by atoms with Crippen LogP contribution in [0.25, 0.3) is 0 Å². The fourth-order valence-electron chi connectivity index (χ4n) is 1.13. The van der Waals surface area contributed by atoms with Crippen molar-refractivity contribution < 1.29 is 4.74 Å². The lowest BCUT2D eigenvalue weighted by Crippen LogP contribution is -2.07. The number of nitrogen functional groups attached to an aromatic ring is 1. The molecule has 0 aliphatic carbocycles. The van der Waals surface area contributed by atoms with E-state index < -0.39 is 0 Å². The number of hydrogen-bond donors (Lipinski definition) is 1. The average molecular weight is 200 g/mol. The summed E-state index contributed by atoms with van der Waals surface area (Å²) in [6, 6.07) is 0. The molecule has 0 spiro atoms. The minimum absolute atomic E-state index is 0.593. The number of nitrogens with zero attached hydrogens (tertiary/aromatic N) is 1. The van der Waals surface area contributed by atoms with Crippen LogP contribution in [0, 0.1) is 5.92 Å². The number of nitrogens with two attached hydrogens (primary N) is 1. The van der Waals surface area contributed by atoms with E-state index in [4.69, 9.17) is 10.5 Å². The Morgan fingerprint density at radius 1 is 1.69 bits per heavy atom. The van der Waals surface area contributed by atoms with Crippen LogP contribution in [-0.2, 0) is 0 Å². The summed E-state index contributed by atoms with van der Waals surface area (Å²) in [5.74, 6) is 0.593. The van der Waals surface area contributed by atoms with Gasteiger partial charge in [-0.25, -0.2) is 4.98 Å². The maximum Gasteiger partial charge on any atom is 0.275 e. The molecule has 1 heterocycles. The highest BCUT2D eigenvalue weighted by molar-refractivity contribution is 7.17. The quantitative estimate of drug-likeness (QED) is 0.794. The van der Waals surface area contributed by atoms with Crippen LogP contribution in [0.1, 0.15) is 26.7 Å². The molecule has 0 aromatic carbocycles. The van der Waals surface area contributed by atoms with E-state index in [1.807, 2.05) is 0 Å². The SMILES string of the molecule is CCCC(C)COc1ncc(N)s1. The third-order valence-electron chi connectivity index (χ3n) is 1.78. The zero-order valence-electron chi connectivity index (χ0n) is 8.12. The van der Waals surface area contributed by atoms with Crippen LogP contribution in [0.3, 0.4) is 0 Å². The Morgan fingerprint density at radius 3 is 3.00 bits per heavy atom. The van der Waals surface area contributed by atoms with Crippen molar-refractivity contribution in [3.05, 3.63) is 6.20 Å². The molecule has 1 aromatic heterocycles. The van der Waals surface area contributed by atoms with E-state index in [1.54, 1.807) is 6.20 Å². The standard InChI is InChI=1S/C9H16N2OS/c1-3-4-7(2)6-12-9-11-5-8(10)13-9/h5,7H,3-4,6,10H2,1-2H3. The average Bonchev–Trinajstić information content (AvgIpc) is 2.49. The third kappa shape index (κ3) is 3.63. The van der Waals surface area contributed by atoms with Gasteiger partial charge in [-0.15, -0.1) is 0 Å². The van der Waals surface area contributed by atoms with Crippen molar-refractivity contribution in [2.24, 2.45) is 5.92 Å². The van der Waals surface area contributed by atoms with Gasteiger partial charge in [-0.05, 0) is 12.3 Å². The molecule has 0 aliphatic rings. The number of hydrogen-bond acceptors (Lipinski definition) is 4. The molecule has 1 rings (SSSR count). The topological polar surface area (TPSA) is 48.1 Å². The Hall–Kier alpha value is -0.770. The van der Waals surface area contributed by atoms with Gasteiger partial charge in [-0.3, -0.25) is 0 Å². The lowest BCUT2D eigenvalue weighted by Gasteiger charge is -2.08. The molecule has 3 nitrogen and oxygen atoms in total. The number of thiazole rings is 1. The van der Waals surface area contributed by atoms with Gasteiger partial charge in [0, 0.05) is 0 Å². The lowest BCUT2D eigenvalue weighted by molar-refractivity contribution is 0.250. The molecule has 1 unspecified atom stereocenters. The number of rotatable bonds is 5. The van der Waals surface area contributed by atoms with Crippen LogP contribution in [0.2, 0.25) is 0 Å². The highest BCUT2D eigenvalue weighted by Crippen LogP contribution is 2.22. The van der Waals surface area contributed by atoms with E-state index in [0.717, 1.165) is 6.61 Å².